The molecule has 0 heterocycles. The zero-order chi connectivity index (χ0) is 12.7. The molecule has 0 aromatic rings. The third kappa shape index (κ3) is 4.97. The molecule has 1 rings (SSSR count). The highest BCUT2D eigenvalue weighted by molar-refractivity contribution is 4.79. The molecule has 102 valence electrons. The van der Waals surface area contributed by atoms with Crippen molar-refractivity contribution in [2.75, 3.05) is 13.6 Å². The van der Waals surface area contributed by atoms with Gasteiger partial charge in [0.25, 0.3) is 0 Å². The summed E-state index contributed by atoms with van der Waals surface area (Å²) in [5.41, 5.74) is 0. The van der Waals surface area contributed by atoms with Crippen LogP contribution >= 0.6 is 0 Å². The second-order valence-corrected chi connectivity index (χ2v) is 5.73. The van der Waals surface area contributed by atoms with E-state index in [1.54, 1.807) is 0 Å². The summed E-state index contributed by atoms with van der Waals surface area (Å²) in [6, 6.07) is 2.21. The van der Waals surface area contributed by atoms with Gasteiger partial charge in [0.15, 0.2) is 0 Å². The van der Waals surface area contributed by atoms with Crippen LogP contribution < -0.4 is 5.32 Å². The maximum absolute atomic E-state index is 3.70. The lowest BCUT2D eigenvalue weighted by molar-refractivity contribution is 0.142. The van der Waals surface area contributed by atoms with Gasteiger partial charge in [0.05, 0.1) is 0 Å². The average Bonchev–Trinajstić information content (AvgIpc) is 2.39. The zero-order valence-electron chi connectivity index (χ0n) is 12.3. The van der Waals surface area contributed by atoms with Gasteiger partial charge in [-0.1, -0.05) is 33.1 Å². The van der Waals surface area contributed by atoms with Gasteiger partial charge in [0, 0.05) is 24.7 Å². The second-order valence-electron chi connectivity index (χ2n) is 5.73. The molecule has 0 aromatic carbocycles. The predicted octanol–water partition coefficient (Wildman–Crippen LogP) is 3.42. The Balaban J connectivity index is 2.27. The maximum Gasteiger partial charge on any atom is 0.0192 e. The molecule has 0 aliphatic heterocycles. The van der Waals surface area contributed by atoms with Gasteiger partial charge in [0.1, 0.15) is 0 Å². The van der Waals surface area contributed by atoms with E-state index in [0.29, 0.717) is 12.1 Å². The number of likely N-dealkylation sites (N-methyl/N-ethyl adjacent to an activating group) is 1. The molecule has 1 aliphatic carbocycles. The Labute approximate surface area is 108 Å². The topological polar surface area (TPSA) is 15.3 Å². The highest BCUT2D eigenvalue weighted by Crippen LogP contribution is 2.22. The minimum absolute atomic E-state index is 0.665. The fraction of sp³-hybridized carbons (Fsp3) is 1.00. The van der Waals surface area contributed by atoms with Crippen LogP contribution in [-0.4, -0.2) is 36.6 Å². The molecule has 0 spiro atoms. The molecule has 0 saturated heterocycles. The highest BCUT2D eigenvalue weighted by atomic mass is 15.2. The van der Waals surface area contributed by atoms with Gasteiger partial charge in [-0.25, -0.2) is 0 Å². The number of hydrogen-bond acceptors (Lipinski definition) is 2. The van der Waals surface area contributed by atoms with Gasteiger partial charge < -0.3 is 5.32 Å². The van der Waals surface area contributed by atoms with Crippen LogP contribution in [0.1, 0.15) is 65.7 Å². The third-order valence-corrected chi connectivity index (χ3v) is 4.53. The molecular weight excluding hydrogens is 208 g/mol. The minimum atomic E-state index is 0.665. The van der Waals surface area contributed by atoms with Gasteiger partial charge in [-0.05, 0) is 39.7 Å². The van der Waals surface area contributed by atoms with Crippen molar-refractivity contribution in [3.05, 3.63) is 0 Å². The molecule has 2 nitrogen and oxygen atoms in total. The smallest absolute Gasteiger partial charge is 0.0192 e. The van der Waals surface area contributed by atoms with Crippen LogP contribution in [0.5, 0.6) is 0 Å². The number of rotatable bonds is 7. The summed E-state index contributed by atoms with van der Waals surface area (Å²) in [5, 5.41) is 3.70. The van der Waals surface area contributed by atoms with Crippen LogP contribution in [0.4, 0.5) is 0 Å². The molecule has 0 radical (unpaired) electrons. The summed E-state index contributed by atoms with van der Waals surface area (Å²) in [4.78, 5) is 2.61. The normalized spacial score (nSPS) is 20.1. The number of nitrogens with zero attached hydrogens (tertiary/aromatic N) is 1. The summed E-state index contributed by atoms with van der Waals surface area (Å²) in [7, 11) is 2.31. The van der Waals surface area contributed by atoms with E-state index in [1.807, 2.05) is 0 Å². The molecule has 17 heavy (non-hydrogen) atoms. The number of hydrogen-bond donors (Lipinski definition) is 1. The molecule has 1 aliphatic rings. The first-order valence-corrected chi connectivity index (χ1v) is 7.64. The third-order valence-electron chi connectivity index (χ3n) is 4.53. The standard InChI is InChI=1S/C15H32N2/c1-5-14(6-2)16-12-13(3)17(4)15-10-8-7-9-11-15/h13-16H,5-12H2,1-4H3. The van der Waals surface area contributed by atoms with E-state index in [0.717, 1.165) is 12.6 Å². The lowest BCUT2D eigenvalue weighted by Gasteiger charge is -2.36. The maximum atomic E-state index is 3.70. The first kappa shape index (κ1) is 15.0. The van der Waals surface area contributed by atoms with Crippen LogP contribution in [0.15, 0.2) is 0 Å². The monoisotopic (exact) mass is 240 g/mol. The molecular formula is C15H32N2. The van der Waals surface area contributed by atoms with Crippen LogP contribution in [0.2, 0.25) is 0 Å². The Bertz CT molecular complexity index is 183. The van der Waals surface area contributed by atoms with Crippen molar-refractivity contribution < 1.29 is 0 Å². The van der Waals surface area contributed by atoms with Crippen LogP contribution in [0, 0.1) is 0 Å². The van der Waals surface area contributed by atoms with E-state index in [2.05, 4.69) is 38.0 Å². The molecule has 0 aromatic heterocycles. The molecule has 0 amide bonds. The lowest BCUT2D eigenvalue weighted by atomic mass is 9.93. The van der Waals surface area contributed by atoms with Gasteiger partial charge >= 0.3 is 0 Å². The Morgan fingerprint density at radius 1 is 1.12 bits per heavy atom. The average molecular weight is 240 g/mol. The van der Waals surface area contributed by atoms with E-state index >= 15 is 0 Å². The Hall–Kier alpha value is -0.0800. The van der Waals surface area contributed by atoms with Gasteiger partial charge in [-0.3, -0.25) is 4.90 Å². The molecule has 1 unspecified atom stereocenters. The fourth-order valence-corrected chi connectivity index (χ4v) is 2.91. The van der Waals surface area contributed by atoms with E-state index in [4.69, 9.17) is 0 Å². The molecule has 1 fully saturated rings. The summed E-state index contributed by atoms with van der Waals surface area (Å²) in [6.07, 6.45) is 9.62. The molecule has 1 N–H and O–H groups in total. The summed E-state index contributed by atoms with van der Waals surface area (Å²) >= 11 is 0. The van der Waals surface area contributed by atoms with Crippen molar-refractivity contribution in [3.8, 4) is 0 Å². The van der Waals surface area contributed by atoms with Gasteiger partial charge in [-0.2, -0.15) is 0 Å². The molecule has 2 heteroatoms. The quantitative estimate of drug-likeness (QED) is 0.733. The second kappa shape index (κ2) is 8.10. The zero-order valence-corrected chi connectivity index (χ0v) is 12.3. The lowest BCUT2D eigenvalue weighted by Crippen LogP contribution is -2.46. The Morgan fingerprint density at radius 3 is 2.24 bits per heavy atom. The summed E-state index contributed by atoms with van der Waals surface area (Å²) < 4.78 is 0. The number of nitrogens with one attached hydrogen (secondary N) is 1. The summed E-state index contributed by atoms with van der Waals surface area (Å²) in [5.74, 6) is 0. The first-order valence-electron chi connectivity index (χ1n) is 7.64. The minimum Gasteiger partial charge on any atom is -0.312 e. The van der Waals surface area contributed by atoms with E-state index in [9.17, 15) is 0 Å². The van der Waals surface area contributed by atoms with Gasteiger partial charge in [-0.15, -0.1) is 0 Å². The van der Waals surface area contributed by atoms with Crippen LogP contribution in [0.25, 0.3) is 0 Å². The van der Waals surface area contributed by atoms with E-state index in [-0.39, 0.29) is 0 Å². The Morgan fingerprint density at radius 2 is 1.71 bits per heavy atom. The molecule has 1 atom stereocenters. The van der Waals surface area contributed by atoms with Crippen molar-refractivity contribution in [3.63, 3.8) is 0 Å². The first-order chi connectivity index (χ1) is 8.19. The fourth-order valence-electron chi connectivity index (χ4n) is 2.91. The molecule has 0 bridgehead atoms. The van der Waals surface area contributed by atoms with Crippen LogP contribution in [0.3, 0.4) is 0 Å². The molecule has 1 saturated carbocycles. The van der Waals surface area contributed by atoms with Crippen molar-refractivity contribution in [1.29, 1.82) is 0 Å². The SMILES string of the molecule is CCC(CC)NCC(C)N(C)C1CCCCC1. The van der Waals surface area contributed by atoms with E-state index in [1.165, 1.54) is 44.9 Å². The van der Waals surface area contributed by atoms with E-state index < -0.39 is 0 Å². The highest BCUT2D eigenvalue weighted by Gasteiger charge is 2.21. The predicted molar refractivity (Wildman–Crippen MR) is 76.5 cm³/mol. The largest absolute Gasteiger partial charge is 0.312 e. The van der Waals surface area contributed by atoms with Crippen LogP contribution in [-0.2, 0) is 0 Å². The Kier molecular flexibility index (Phi) is 7.14. The van der Waals surface area contributed by atoms with Crippen molar-refractivity contribution in [2.45, 2.75) is 83.8 Å². The van der Waals surface area contributed by atoms with Crippen molar-refractivity contribution in [2.24, 2.45) is 0 Å². The van der Waals surface area contributed by atoms with Crippen molar-refractivity contribution >= 4 is 0 Å². The van der Waals surface area contributed by atoms with Gasteiger partial charge in [0.2, 0.25) is 0 Å². The summed E-state index contributed by atoms with van der Waals surface area (Å²) in [6.45, 7) is 8.05. The van der Waals surface area contributed by atoms with Crippen molar-refractivity contribution in [1.82, 2.24) is 10.2 Å².